The molecule has 0 aliphatic heterocycles. The maximum atomic E-state index is 13.7. The Balaban J connectivity index is 2.63. The van der Waals surface area contributed by atoms with Crippen molar-refractivity contribution in [1.29, 1.82) is 0 Å². The van der Waals surface area contributed by atoms with Crippen LogP contribution in [0.2, 0.25) is 5.02 Å². The first-order valence-electron chi connectivity index (χ1n) is 6.64. The first-order chi connectivity index (χ1) is 10.2. The van der Waals surface area contributed by atoms with Crippen LogP contribution in [0, 0.1) is 6.92 Å². The third-order valence-electron chi connectivity index (χ3n) is 3.77. The van der Waals surface area contributed by atoms with Crippen LogP contribution in [0.4, 0.5) is 13.2 Å². The standard InChI is InChI=1S/C16H15ClF3NO/c1-10-9-12(7-8-21-10)15(22,16(18,19)20)11(2)13-5-3-4-6-14(13)17/h3-9,11,22H,1-2H3. The van der Waals surface area contributed by atoms with Gasteiger partial charge in [0.25, 0.3) is 0 Å². The van der Waals surface area contributed by atoms with E-state index < -0.39 is 17.7 Å². The Morgan fingerprint density at radius 3 is 2.36 bits per heavy atom. The maximum absolute atomic E-state index is 13.7. The van der Waals surface area contributed by atoms with Gasteiger partial charge in [0, 0.05) is 22.8 Å². The smallest absolute Gasteiger partial charge is 0.376 e. The average molecular weight is 330 g/mol. The van der Waals surface area contributed by atoms with Crippen LogP contribution in [-0.2, 0) is 5.60 Å². The van der Waals surface area contributed by atoms with Crippen molar-refractivity contribution in [2.75, 3.05) is 0 Å². The Labute approximate surface area is 131 Å². The fraction of sp³-hybridized carbons (Fsp3) is 0.312. The van der Waals surface area contributed by atoms with Gasteiger partial charge in [-0.25, -0.2) is 0 Å². The normalized spacial score (nSPS) is 16.1. The number of rotatable bonds is 3. The number of halogens is 4. The van der Waals surface area contributed by atoms with Gasteiger partial charge >= 0.3 is 6.18 Å². The second-order valence-electron chi connectivity index (χ2n) is 5.19. The van der Waals surface area contributed by atoms with Gasteiger partial charge in [0.05, 0.1) is 0 Å². The van der Waals surface area contributed by atoms with Crippen LogP contribution in [0.25, 0.3) is 0 Å². The molecule has 0 bridgehead atoms. The Kier molecular flexibility index (Phi) is 4.49. The summed E-state index contributed by atoms with van der Waals surface area (Å²) in [5, 5.41) is 10.8. The molecule has 0 spiro atoms. The summed E-state index contributed by atoms with van der Waals surface area (Å²) in [6, 6.07) is 8.61. The summed E-state index contributed by atoms with van der Waals surface area (Å²) < 4.78 is 41.0. The van der Waals surface area contributed by atoms with Gasteiger partial charge in [0.1, 0.15) is 0 Å². The highest BCUT2D eigenvalue weighted by Crippen LogP contribution is 2.49. The predicted octanol–water partition coefficient (Wildman–Crippen LogP) is 4.60. The van der Waals surface area contributed by atoms with Crippen LogP contribution in [0.3, 0.4) is 0 Å². The number of hydrogen-bond acceptors (Lipinski definition) is 2. The summed E-state index contributed by atoms with van der Waals surface area (Å²) in [5.74, 6) is -1.28. The molecule has 0 saturated carbocycles. The molecule has 0 radical (unpaired) electrons. The SMILES string of the molecule is Cc1cc(C(O)(C(C)c2ccccc2Cl)C(F)(F)F)ccn1. The molecular formula is C16H15ClF3NO. The maximum Gasteiger partial charge on any atom is 0.422 e. The second-order valence-corrected chi connectivity index (χ2v) is 5.60. The zero-order chi connectivity index (χ0) is 16.5. The molecule has 22 heavy (non-hydrogen) atoms. The third kappa shape index (κ3) is 2.83. The zero-order valence-corrected chi connectivity index (χ0v) is 12.8. The Hall–Kier alpha value is -1.59. The van der Waals surface area contributed by atoms with Gasteiger partial charge in [-0.1, -0.05) is 36.7 Å². The van der Waals surface area contributed by atoms with Crippen LogP contribution in [0.1, 0.15) is 29.7 Å². The molecule has 1 N–H and O–H groups in total. The van der Waals surface area contributed by atoms with Crippen molar-refractivity contribution >= 4 is 11.6 Å². The summed E-state index contributed by atoms with van der Waals surface area (Å²) in [5.41, 5.74) is -2.67. The largest absolute Gasteiger partial charge is 0.422 e. The highest BCUT2D eigenvalue weighted by molar-refractivity contribution is 6.31. The number of pyridine rings is 1. The molecule has 2 aromatic rings. The van der Waals surface area contributed by atoms with Crippen LogP contribution in [-0.4, -0.2) is 16.3 Å². The van der Waals surface area contributed by atoms with Crippen molar-refractivity contribution in [1.82, 2.24) is 4.98 Å². The molecule has 2 atom stereocenters. The van der Waals surface area contributed by atoms with Crippen molar-refractivity contribution in [3.63, 3.8) is 0 Å². The first kappa shape index (κ1) is 16.8. The van der Waals surface area contributed by atoms with E-state index in [9.17, 15) is 18.3 Å². The van der Waals surface area contributed by atoms with Crippen LogP contribution < -0.4 is 0 Å². The van der Waals surface area contributed by atoms with Gasteiger partial charge in [-0.3, -0.25) is 4.98 Å². The lowest BCUT2D eigenvalue weighted by Gasteiger charge is -2.37. The number of aryl methyl sites for hydroxylation is 1. The predicted molar refractivity (Wildman–Crippen MR) is 78.8 cm³/mol. The lowest BCUT2D eigenvalue weighted by atomic mass is 9.78. The minimum absolute atomic E-state index is 0.184. The van der Waals surface area contributed by atoms with E-state index in [1.165, 1.54) is 37.4 Å². The minimum atomic E-state index is -4.86. The molecule has 0 amide bonds. The van der Waals surface area contributed by atoms with Crippen molar-refractivity contribution in [2.45, 2.75) is 31.5 Å². The molecule has 1 aromatic heterocycles. The van der Waals surface area contributed by atoms with Crippen molar-refractivity contribution < 1.29 is 18.3 Å². The summed E-state index contributed by atoms with van der Waals surface area (Å²) in [4.78, 5) is 3.88. The second kappa shape index (κ2) is 5.89. The number of alkyl halides is 3. The van der Waals surface area contributed by atoms with E-state index in [-0.39, 0.29) is 16.1 Å². The summed E-state index contributed by atoms with van der Waals surface area (Å²) >= 11 is 6.00. The molecule has 0 saturated heterocycles. The average Bonchev–Trinajstić information content (AvgIpc) is 2.45. The van der Waals surface area contributed by atoms with Crippen molar-refractivity contribution in [2.24, 2.45) is 0 Å². The molecule has 0 aliphatic carbocycles. The van der Waals surface area contributed by atoms with Gasteiger partial charge in [0.2, 0.25) is 0 Å². The number of aliphatic hydroxyl groups is 1. The van der Waals surface area contributed by atoms with E-state index in [1.54, 1.807) is 19.1 Å². The van der Waals surface area contributed by atoms with Gasteiger partial charge in [-0.05, 0) is 36.2 Å². The molecule has 118 valence electrons. The van der Waals surface area contributed by atoms with E-state index in [4.69, 9.17) is 11.6 Å². The molecule has 2 nitrogen and oxygen atoms in total. The van der Waals surface area contributed by atoms with E-state index in [2.05, 4.69) is 4.98 Å². The molecule has 0 aliphatic rings. The van der Waals surface area contributed by atoms with Gasteiger partial charge < -0.3 is 5.11 Å². The van der Waals surface area contributed by atoms with E-state index >= 15 is 0 Å². The van der Waals surface area contributed by atoms with Gasteiger partial charge in [0.15, 0.2) is 5.60 Å². The lowest BCUT2D eigenvalue weighted by Crippen LogP contribution is -2.46. The summed E-state index contributed by atoms with van der Waals surface area (Å²) in [6.07, 6.45) is -3.61. The highest BCUT2D eigenvalue weighted by atomic mass is 35.5. The van der Waals surface area contributed by atoms with Crippen LogP contribution >= 0.6 is 11.6 Å². The number of aromatic nitrogens is 1. The fourth-order valence-electron chi connectivity index (χ4n) is 2.49. The molecule has 2 unspecified atom stereocenters. The molecular weight excluding hydrogens is 315 g/mol. The van der Waals surface area contributed by atoms with Crippen LogP contribution in [0.5, 0.6) is 0 Å². The van der Waals surface area contributed by atoms with Crippen molar-refractivity contribution in [3.05, 3.63) is 64.4 Å². The Morgan fingerprint density at radius 1 is 1.18 bits per heavy atom. The Morgan fingerprint density at radius 2 is 1.82 bits per heavy atom. The molecule has 1 aromatic carbocycles. The minimum Gasteiger partial charge on any atom is -0.376 e. The van der Waals surface area contributed by atoms with E-state index in [0.29, 0.717) is 5.69 Å². The zero-order valence-electron chi connectivity index (χ0n) is 12.0. The van der Waals surface area contributed by atoms with Crippen molar-refractivity contribution in [3.8, 4) is 0 Å². The first-order valence-corrected chi connectivity index (χ1v) is 7.02. The third-order valence-corrected chi connectivity index (χ3v) is 4.11. The summed E-state index contributed by atoms with van der Waals surface area (Å²) in [7, 11) is 0. The van der Waals surface area contributed by atoms with Gasteiger partial charge in [-0.2, -0.15) is 13.2 Å². The topological polar surface area (TPSA) is 33.1 Å². The molecule has 0 fully saturated rings. The quantitative estimate of drug-likeness (QED) is 0.893. The molecule has 6 heteroatoms. The highest BCUT2D eigenvalue weighted by Gasteiger charge is 2.58. The molecule has 2 rings (SSSR count). The van der Waals surface area contributed by atoms with Gasteiger partial charge in [-0.15, -0.1) is 0 Å². The monoisotopic (exact) mass is 329 g/mol. The fourth-order valence-corrected chi connectivity index (χ4v) is 2.79. The Bertz CT molecular complexity index is 674. The van der Waals surface area contributed by atoms with Crippen LogP contribution in [0.15, 0.2) is 42.6 Å². The number of nitrogens with zero attached hydrogens (tertiary/aromatic N) is 1. The summed E-state index contributed by atoms with van der Waals surface area (Å²) in [6.45, 7) is 2.88. The lowest BCUT2D eigenvalue weighted by molar-refractivity contribution is -0.274. The number of hydrogen-bond donors (Lipinski definition) is 1. The van der Waals surface area contributed by atoms with E-state index in [0.717, 1.165) is 0 Å². The number of benzene rings is 1. The molecule has 1 heterocycles. The van der Waals surface area contributed by atoms with E-state index in [1.807, 2.05) is 0 Å².